The van der Waals surface area contributed by atoms with E-state index in [2.05, 4.69) is 11.8 Å². The van der Waals surface area contributed by atoms with Gasteiger partial charge in [0.2, 0.25) is 0 Å². The number of carbonyl (C=O) groups is 1. The number of nitrogens with zero attached hydrogens (tertiary/aromatic N) is 1. The zero-order valence-corrected chi connectivity index (χ0v) is 12.0. The third-order valence-electron chi connectivity index (χ3n) is 2.93. The number of allylic oxidation sites excluding steroid dienone is 1. The van der Waals surface area contributed by atoms with Crippen molar-refractivity contribution in [1.29, 1.82) is 0 Å². The summed E-state index contributed by atoms with van der Waals surface area (Å²) in [6.45, 7) is 5.30. The Morgan fingerprint density at radius 3 is 2.63 bits per heavy atom. The molecule has 1 aromatic carbocycles. The van der Waals surface area contributed by atoms with Crippen LogP contribution in [0.4, 0.5) is 0 Å². The summed E-state index contributed by atoms with van der Waals surface area (Å²) in [4.78, 5) is 14.5. The van der Waals surface area contributed by atoms with E-state index in [0.717, 1.165) is 42.6 Å². The van der Waals surface area contributed by atoms with Crippen LogP contribution in [0.15, 0.2) is 41.4 Å². The number of morpholine rings is 1. The Morgan fingerprint density at radius 2 is 2.00 bits per heavy atom. The topological polar surface area (TPSA) is 29.5 Å². The predicted octanol–water partition coefficient (Wildman–Crippen LogP) is 2.80. The molecule has 1 aliphatic rings. The van der Waals surface area contributed by atoms with Crippen LogP contribution in [0.5, 0.6) is 0 Å². The molecule has 0 amide bonds. The molecule has 19 heavy (non-hydrogen) atoms. The van der Waals surface area contributed by atoms with Gasteiger partial charge in [-0.05, 0) is 5.75 Å². The molecule has 102 valence electrons. The van der Waals surface area contributed by atoms with Crippen molar-refractivity contribution in [3.63, 3.8) is 0 Å². The second-order valence-electron chi connectivity index (χ2n) is 4.25. The van der Waals surface area contributed by atoms with Gasteiger partial charge >= 0.3 is 0 Å². The van der Waals surface area contributed by atoms with Gasteiger partial charge in [-0.25, -0.2) is 0 Å². The van der Waals surface area contributed by atoms with Crippen LogP contribution in [0.3, 0.4) is 0 Å². The minimum absolute atomic E-state index is 0.0723. The fraction of sp³-hybridized carbons (Fsp3) is 0.400. The zero-order chi connectivity index (χ0) is 13.5. The molecule has 1 aliphatic heterocycles. The molecule has 4 heteroatoms. The molecule has 0 radical (unpaired) electrons. The molecule has 1 heterocycles. The fourth-order valence-corrected chi connectivity index (χ4v) is 2.81. The van der Waals surface area contributed by atoms with Crippen molar-refractivity contribution >= 4 is 17.5 Å². The molecule has 0 aliphatic carbocycles. The number of ketones is 1. The number of benzene rings is 1. The minimum Gasteiger partial charge on any atom is -0.378 e. The van der Waals surface area contributed by atoms with Crippen LogP contribution >= 0.6 is 11.8 Å². The maximum absolute atomic E-state index is 12.2. The average molecular weight is 277 g/mol. The van der Waals surface area contributed by atoms with Gasteiger partial charge in [0.1, 0.15) is 0 Å². The van der Waals surface area contributed by atoms with Crippen LogP contribution in [0.25, 0.3) is 0 Å². The average Bonchev–Trinajstić information content (AvgIpc) is 2.48. The Bertz CT molecular complexity index is 439. The van der Waals surface area contributed by atoms with E-state index in [1.54, 1.807) is 17.8 Å². The molecule has 0 N–H and O–H groups in total. The summed E-state index contributed by atoms with van der Waals surface area (Å²) in [5, 5.41) is 1.06. The van der Waals surface area contributed by atoms with Gasteiger partial charge < -0.3 is 9.64 Å². The number of thioether (sulfide) groups is 1. The molecule has 0 atom stereocenters. The standard InChI is InChI=1S/C15H19NO2S/c1-2-19-15(16-8-10-18-11-9-16)12-14(17)13-6-4-3-5-7-13/h3-7,12H,2,8-11H2,1H3/b15-12-. The molecule has 1 fully saturated rings. The van der Waals surface area contributed by atoms with Crippen LogP contribution < -0.4 is 0 Å². The lowest BCUT2D eigenvalue weighted by molar-refractivity contribution is 0.0574. The van der Waals surface area contributed by atoms with Crippen LogP contribution in [0, 0.1) is 0 Å². The zero-order valence-electron chi connectivity index (χ0n) is 11.2. The summed E-state index contributed by atoms with van der Waals surface area (Å²) >= 11 is 1.72. The summed E-state index contributed by atoms with van der Waals surface area (Å²) < 4.78 is 5.35. The lowest BCUT2D eigenvalue weighted by atomic mass is 10.1. The quantitative estimate of drug-likeness (QED) is 0.611. The van der Waals surface area contributed by atoms with E-state index in [0.29, 0.717) is 0 Å². The SMILES string of the molecule is CCS/C(=C\C(=O)c1ccccc1)N1CCOCC1. The molecule has 0 spiro atoms. The summed E-state index contributed by atoms with van der Waals surface area (Å²) in [5.74, 6) is 1.04. The number of carbonyl (C=O) groups excluding carboxylic acids is 1. The lowest BCUT2D eigenvalue weighted by Crippen LogP contribution is -2.35. The number of rotatable bonds is 5. The van der Waals surface area contributed by atoms with E-state index in [4.69, 9.17) is 4.74 Å². The van der Waals surface area contributed by atoms with E-state index >= 15 is 0 Å². The maximum Gasteiger partial charge on any atom is 0.188 e. The van der Waals surface area contributed by atoms with Gasteiger partial charge in [0.15, 0.2) is 5.78 Å². The first kappa shape index (κ1) is 14.2. The Labute approximate surface area is 118 Å². The maximum atomic E-state index is 12.2. The van der Waals surface area contributed by atoms with E-state index in [1.807, 2.05) is 30.3 Å². The first-order chi connectivity index (χ1) is 9.31. The molecule has 3 nitrogen and oxygen atoms in total. The molecule has 0 saturated carbocycles. The van der Waals surface area contributed by atoms with Crippen molar-refractivity contribution < 1.29 is 9.53 Å². The smallest absolute Gasteiger partial charge is 0.188 e. The minimum atomic E-state index is 0.0723. The highest BCUT2D eigenvalue weighted by atomic mass is 32.2. The number of hydrogen-bond donors (Lipinski definition) is 0. The highest BCUT2D eigenvalue weighted by Crippen LogP contribution is 2.22. The number of ether oxygens (including phenoxy) is 1. The van der Waals surface area contributed by atoms with E-state index in [1.165, 1.54) is 0 Å². The normalized spacial score (nSPS) is 16.5. The van der Waals surface area contributed by atoms with Crippen molar-refractivity contribution in [1.82, 2.24) is 4.90 Å². The van der Waals surface area contributed by atoms with E-state index < -0.39 is 0 Å². The third kappa shape index (κ3) is 4.11. The first-order valence-corrected chi connectivity index (χ1v) is 7.56. The van der Waals surface area contributed by atoms with Crippen molar-refractivity contribution in [2.75, 3.05) is 32.1 Å². The third-order valence-corrected chi connectivity index (χ3v) is 3.89. The summed E-state index contributed by atoms with van der Waals surface area (Å²) in [7, 11) is 0. The monoisotopic (exact) mass is 277 g/mol. The largest absolute Gasteiger partial charge is 0.378 e. The van der Waals surface area contributed by atoms with E-state index in [9.17, 15) is 4.79 Å². The van der Waals surface area contributed by atoms with Gasteiger partial charge in [0.25, 0.3) is 0 Å². The number of hydrogen-bond acceptors (Lipinski definition) is 4. The Kier molecular flexibility index (Phi) is 5.48. The Hall–Kier alpha value is -1.26. The van der Waals surface area contributed by atoms with Gasteiger partial charge in [-0.2, -0.15) is 0 Å². The highest BCUT2D eigenvalue weighted by Gasteiger charge is 2.15. The summed E-state index contributed by atoms with van der Waals surface area (Å²) in [5.41, 5.74) is 0.741. The molecule has 0 bridgehead atoms. The van der Waals surface area contributed by atoms with Crippen molar-refractivity contribution in [3.8, 4) is 0 Å². The predicted molar refractivity (Wildman–Crippen MR) is 79.4 cm³/mol. The van der Waals surface area contributed by atoms with Crippen molar-refractivity contribution in [2.24, 2.45) is 0 Å². The molecule has 1 saturated heterocycles. The van der Waals surface area contributed by atoms with Gasteiger partial charge in [0.05, 0.1) is 18.2 Å². The van der Waals surface area contributed by atoms with Crippen LogP contribution in [-0.4, -0.2) is 42.7 Å². The van der Waals surface area contributed by atoms with Gasteiger partial charge in [-0.1, -0.05) is 37.3 Å². The molecule has 0 unspecified atom stereocenters. The molecular weight excluding hydrogens is 258 g/mol. The Balaban J connectivity index is 2.13. The van der Waals surface area contributed by atoms with Crippen LogP contribution in [0.1, 0.15) is 17.3 Å². The van der Waals surface area contributed by atoms with Crippen LogP contribution in [-0.2, 0) is 4.74 Å². The Morgan fingerprint density at radius 1 is 1.32 bits per heavy atom. The van der Waals surface area contributed by atoms with Crippen LogP contribution in [0.2, 0.25) is 0 Å². The summed E-state index contributed by atoms with van der Waals surface area (Å²) in [6, 6.07) is 9.41. The molecule has 2 rings (SSSR count). The summed E-state index contributed by atoms with van der Waals surface area (Å²) in [6.07, 6.45) is 1.76. The van der Waals surface area contributed by atoms with Gasteiger partial charge in [-0.3, -0.25) is 4.79 Å². The van der Waals surface area contributed by atoms with Gasteiger partial charge in [0, 0.05) is 24.7 Å². The molecular formula is C15H19NO2S. The molecule has 1 aromatic rings. The van der Waals surface area contributed by atoms with Crippen molar-refractivity contribution in [3.05, 3.63) is 47.0 Å². The van der Waals surface area contributed by atoms with E-state index in [-0.39, 0.29) is 5.78 Å². The highest BCUT2D eigenvalue weighted by molar-refractivity contribution is 8.02. The molecule has 0 aromatic heterocycles. The first-order valence-electron chi connectivity index (χ1n) is 6.58. The second kappa shape index (κ2) is 7.36. The second-order valence-corrected chi connectivity index (χ2v) is 5.53. The lowest BCUT2D eigenvalue weighted by Gasteiger charge is -2.30. The van der Waals surface area contributed by atoms with Crippen molar-refractivity contribution in [2.45, 2.75) is 6.92 Å². The fourth-order valence-electron chi connectivity index (χ4n) is 1.95. The van der Waals surface area contributed by atoms with Gasteiger partial charge in [-0.15, -0.1) is 11.8 Å².